The molecule has 3 atom stereocenters. The Morgan fingerprint density at radius 1 is 1.24 bits per heavy atom. The largest absolute Gasteiger partial charge is 0.504 e. The maximum Gasteiger partial charge on any atom is 0.337 e. The SMILES string of the molecule is C=CC(C)(C)O[C@H]1COc2ccc(/C=C/[C@H](OC)[C@@H](C)/C(=C\OC)C(=O)OC)cc2OC1(C)C. The van der Waals surface area contributed by atoms with Crippen LogP contribution in [0.5, 0.6) is 11.5 Å². The van der Waals surface area contributed by atoms with E-state index < -0.39 is 17.2 Å². The van der Waals surface area contributed by atoms with Crippen molar-refractivity contribution in [2.45, 2.75) is 58.0 Å². The zero-order chi connectivity index (χ0) is 25.5. The number of carbonyl (C=O) groups is 1. The molecule has 0 amide bonds. The van der Waals surface area contributed by atoms with Crippen LogP contribution in [0.15, 0.2) is 48.8 Å². The van der Waals surface area contributed by atoms with E-state index in [0.717, 1.165) is 5.56 Å². The topological polar surface area (TPSA) is 72.5 Å². The molecular weight excluding hydrogens is 436 g/mol. The molecule has 0 bridgehead atoms. The highest BCUT2D eigenvalue weighted by atomic mass is 16.6. The third-order valence-electron chi connectivity index (χ3n) is 5.84. The average molecular weight is 475 g/mol. The molecular formula is C27H38O7. The maximum absolute atomic E-state index is 12.1. The van der Waals surface area contributed by atoms with Gasteiger partial charge in [-0.25, -0.2) is 4.79 Å². The van der Waals surface area contributed by atoms with Crippen molar-refractivity contribution in [2.75, 3.05) is 27.9 Å². The van der Waals surface area contributed by atoms with Gasteiger partial charge in [-0.3, -0.25) is 0 Å². The van der Waals surface area contributed by atoms with Crippen LogP contribution in [-0.2, 0) is 23.7 Å². The minimum Gasteiger partial charge on any atom is -0.504 e. The predicted octanol–water partition coefficient (Wildman–Crippen LogP) is 4.95. The van der Waals surface area contributed by atoms with E-state index in [1.165, 1.54) is 20.5 Å². The fourth-order valence-corrected chi connectivity index (χ4v) is 3.55. The zero-order valence-electron chi connectivity index (χ0n) is 21.5. The summed E-state index contributed by atoms with van der Waals surface area (Å²) in [5.74, 6) is 0.532. The fourth-order valence-electron chi connectivity index (χ4n) is 3.55. The second kappa shape index (κ2) is 11.6. The van der Waals surface area contributed by atoms with Crippen LogP contribution < -0.4 is 9.47 Å². The van der Waals surface area contributed by atoms with Crippen LogP contribution in [0.1, 0.15) is 40.2 Å². The number of fused-ring (bicyclic) bond motifs is 1. The van der Waals surface area contributed by atoms with E-state index in [2.05, 4.69) is 6.58 Å². The Labute approximate surface area is 203 Å². The molecule has 2 rings (SSSR count). The number of esters is 1. The maximum atomic E-state index is 12.1. The van der Waals surface area contributed by atoms with Gasteiger partial charge in [0.2, 0.25) is 0 Å². The van der Waals surface area contributed by atoms with Crippen molar-refractivity contribution in [2.24, 2.45) is 5.92 Å². The van der Waals surface area contributed by atoms with Gasteiger partial charge in [0, 0.05) is 13.0 Å². The van der Waals surface area contributed by atoms with Crippen molar-refractivity contribution in [1.82, 2.24) is 0 Å². The number of methoxy groups -OCH3 is 3. The van der Waals surface area contributed by atoms with Crippen molar-refractivity contribution in [3.05, 3.63) is 54.3 Å². The summed E-state index contributed by atoms with van der Waals surface area (Å²) < 4.78 is 34.1. The van der Waals surface area contributed by atoms with Crippen LogP contribution in [0, 0.1) is 5.92 Å². The summed E-state index contributed by atoms with van der Waals surface area (Å²) in [6.07, 6.45) is 6.28. The molecule has 1 aromatic carbocycles. The summed E-state index contributed by atoms with van der Waals surface area (Å²) in [7, 11) is 4.42. The standard InChI is InChI=1S/C27H38O7/c1-10-26(3,4)34-24-17-32-22-14-12-19(15-23(22)33-27(24,5)6)11-13-21(30-8)18(2)20(16-29-7)25(28)31-9/h10-16,18,21,24H,1,17H2,2-9H3/b13-11+,20-16+/t18-,21-,24-/m0/s1. The highest BCUT2D eigenvalue weighted by Gasteiger charge is 2.39. The lowest BCUT2D eigenvalue weighted by atomic mass is 9.95. The van der Waals surface area contributed by atoms with Crippen LogP contribution in [0.4, 0.5) is 0 Å². The third-order valence-corrected chi connectivity index (χ3v) is 5.84. The lowest BCUT2D eigenvalue weighted by molar-refractivity contribution is -0.137. The molecule has 0 unspecified atom stereocenters. The first-order valence-electron chi connectivity index (χ1n) is 11.3. The van der Waals surface area contributed by atoms with Gasteiger partial charge in [0.25, 0.3) is 0 Å². The van der Waals surface area contributed by atoms with Crippen LogP contribution in [0.25, 0.3) is 6.08 Å². The van der Waals surface area contributed by atoms with E-state index in [1.807, 2.05) is 65.0 Å². The number of hydrogen-bond donors (Lipinski definition) is 0. The smallest absolute Gasteiger partial charge is 0.337 e. The highest BCUT2D eigenvalue weighted by Crippen LogP contribution is 2.37. The van der Waals surface area contributed by atoms with E-state index >= 15 is 0 Å². The molecule has 1 heterocycles. The van der Waals surface area contributed by atoms with Crippen molar-refractivity contribution < 1.29 is 33.2 Å². The van der Waals surface area contributed by atoms with E-state index in [0.29, 0.717) is 23.7 Å². The average Bonchev–Trinajstić information content (AvgIpc) is 2.91. The molecule has 1 aliphatic rings. The zero-order valence-corrected chi connectivity index (χ0v) is 21.5. The van der Waals surface area contributed by atoms with Crippen LogP contribution in [0.3, 0.4) is 0 Å². The predicted molar refractivity (Wildman–Crippen MR) is 132 cm³/mol. The summed E-state index contributed by atoms with van der Waals surface area (Å²) in [5, 5.41) is 0. The van der Waals surface area contributed by atoms with Crippen molar-refractivity contribution in [1.29, 1.82) is 0 Å². The molecule has 188 valence electrons. The summed E-state index contributed by atoms with van der Waals surface area (Å²) in [5.41, 5.74) is 0.146. The lowest BCUT2D eigenvalue weighted by Gasteiger charge is -2.36. The van der Waals surface area contributed by atoms with E-state index in [9.17, 15) is 4.79 Å². The summed E-state index contributed by atoms with van der Waals surface area (Å²) in [6.45, 7) is 14.0. The molecule has 1 aromatic rings. The molecule has 0 aliphatic carbocycles. The van der Waals surface area contributed by atoms with Crippen LogP contribution in [0.2, 0.25) is 0 Å². The molecule has 0 saturated heterocycles. The minimum atomic E-state index is -0.627. The van der Waals surface area contributed by atoms with Crippen molar-refractivity contribution in [3.63, 3.8) is 0 Å². The van der Waals surface area contributed by atoms with Gasteiger partial charge < -0.3 is 28.4 Å². The van der Waals surface area contributed by atoms with Gasteiger partial charge in [-0.15, -0.1) is 6.58 Å². The second-order valence-corrected chi connectivity index (χ2v) is 9.29. The number of benzene rings is 1. The summed E-state index contributed by atoms with van der Waals surface area (Å²) >= 11 is 0. The van der Waals surface area contributed by atoms with Gasteiger partial charge in [0.15, 0.2) is 11.5 Å². The quantitative estimate of drug-likeness (QED) is 0.206. The highest BCUT2D eigenvalue weighted by molar-refractivity contribution is 5.88. The van der Waals surface area contributed by atoms with Crippen LogP contribution >= 0.6 is 0 Å². The van der Waals surface area contributed by atoms with E-state index in [1.54, 1.807) is 13.2 Å². The van der Waals surface area contributed by atoms with Gasteiger partial charge in [-0.2, -0.15) is 0 Å². The molecule has 7 nitrogen and oxygen atoms in total. The third kappa shape index (κ3) is 6.87. The van der Waals surface area contributed by atoms with Gasteiger partial charge in [-0.1, -0.05) is 31.2 Å². The molecule has 0 N–H and O–H groups in total. The van der Waals surface area contributed by atoms with Gasteiger partial charge >= 0.3 is 5.97 Å². The first-order valence-corrected chi connectivity index (χ1v) is 11.3. The molecule has 0 aromatic heterocycles. The Morgan fingerprint density at radius 3 is 2.53 bits per heavy atom. The Balaban J connectivity index is 2.25. The number of rotatable bonds is 10. The Kier molecular flexibility index (Phi) is 9.36. The normalized spacial score (nSPS) is 19.8. The molecule has 1 aliphatic heterocycles. The van der Waals surface area contributed by atoms with Crippen LogP contribution in [-0.4, -0.2) is 57.3 Å². The Bertz CT molecular complexity index is 914. The molecule has 0 fully saturated rings. The number of hydrogen-bond acceptors (Lipinski definition) is 7. The van der Waals surface area contributed by atoms with Crippen molar-refractivity contribution >= 4 is 12.0 Å². The molecule has 0 saturated carbocycles. The van der Waals surface area contributed by atoms with Crippen molar-refractivity contribution in [3.8, 4) is 11.5 Å². The monoisotopic (exact) mass is 474 g/mol. The van der Waals surface area contributed by atoms with Gasteiger partial charge in [0.1, 0.15) is 18.3 Å². The van der Waals surface area contributed by atoms with Gasteiger partial charge in [0.05, 0.1) is 37.8 Å². The first kappa shape index (κ1) is 27.5. The number of ether oxygens (including phenoxy) is 6. The second-order valence-electron chi connectivity index (χ2n) is 9.29. The Morgan fingerprint density at radius 2 is 1.94 bits per heavy atom. The molecule has 0 radical (unpaired) electrons. The first-order chi connectivity index (χ1) is 16.0. The summed E-state index contributed by atoms with van der Waals surface area (Å²) in [6, 6.07) is 5.73. The van der Waals surface area contributed by atoms with E-state index in [4.69, 9.17) is 28.4 Å². The fraction of sp³-hybridized carbons (Fsp3) is 0.519. The summed E-state index contributed by atoms with van der Waals surface area (Å²) in [4.78, 5) is 12.1. The minimum absolute atomic E-state index is 0.292. The molecule has 7 heteroatoms. The number of carbonyl (C=O) groups excluding carboxylic acids is 1. The van der Waals surface area contributed by atoms with Gasteiger partial charge in [-0.05, 0) is 45.4 Å². The lowest BCUT2D eigenvalue weighted by Crippen LogP contribution is -2.49. The molecule has 0 spiro atoms. The molecule has 34 heavy (non-hydrogen) atoms. The van der Waals surface area contributed by atoms with E-state index in [-0.39, 0.29) is 18.1 Å². The Hall–Kier alpha value is -2.77.